The van der Waals surface area contributed by atoms with Gasteiger partial charge in [-0.25, -0.2) is 4.39 Å². The first-order valence-corrected chi connectivity index (χ1v) is 6.25. The number of rotatable bonds is 3. The lowest BCUT2D eigenvalue weighted by Crippen LogP contribution is -1.99. The van der Waals surface area contributed by atoms with Crippen molar-refractivity contribution >= 4 is 16.6 Å². The number of benzene rings is 2. The average Bonchev–Trinajstić information content (AvgIpc) is 2.47. The van der Waals surface area contributed by atoms with Gasteiger partial charge in [-0.05, 0) is 24.3 Å². The average molecular weight is 268 g/mol. The Labute approximate surface area is 115 Å². The summed E-state index contributed by atoms with van der Waals surface area (Å²) in [5.41, 5.74) is 7.68. The summed E-state index contributed by atoms with van der Waals surface area (Å²) in [4.78, 5) is 4.23. The standard InChI is InChI=1S/C16H13FN2O/c17-13-6-2-1-4-11(13)10-20-15-8-9-19-16-12(15)5-3-7-14(16)18/h1-9H,10,18H2. The van der Waals surface area contributed by atoms with E-state index in [0.717, 1.165) is 5.39 Å². The molecule has 3 aromatic rings. The Balaban J connectivity index is 1.92. The van der Waals surface area contributed by atoms with Crippen LogP contribution in [0.2, 0.25) is 0 Å². The number of hydrogen-bond donors (Lipinski definition) is 1. The molecule has 2 aromatic carbocycles. The molecular weight excluding hydrogens is 255 g/mol. The zero-order valence-corrected chi connectivity index (χ0v) is 10.7. The molecule has 0 spiro atoms. The highest BCUT2D eigenvalue weighted by Crippen LogP contribution is 2.28. The van der Waals surface area contributed by atoms with Crippen LogP contribution in [0.3, 0.4) is 0 Å². The van der Waals surface area contributed by atoms with Gasteiger partial charge in [0.15, 0.2) is 0 Å². The van der Waals surface area contributed by atoms with Gasteiger partial charge in [0.1, 0.15) is 18.2 Å². The second-order valence-corrected chi connectivity index (χ2v) is 4.43. The zero-order valence-electron chi connectivity index (χ0n) is 10.7. The van der Waals surface area contributed by atoms with Gasteiger partial charge in [0.25, 0.3) is 0 Å². The van der Waals surface area contributed by atoms with Crippen molar-refractivity contribution in [3.05, 3.63) is 66.1 Å². The normalized spacial score (nSPS) is 10.7. The van der Waals surface area contributed by atoms with Crippen molar-refractivity contribution in [2.75, 3.05) is 5.73 Å². The van der Waals surface area contributed by atoms with E-state index in [4.69, 9.17) is 10.5 Å². The zero-order chi connectivity index (χ0) is 13.9. The first-order chi connectivity index (χ1) is 9.75. The lowest BCUT2D eigenvalue weighted by molar-refractivity contribution is 0.303. The van der Waals surface area contributed by atoms with Crippen LogP contribution in [0.15, 0.2) is 54.7 Å². The lowest BCUT2D eigenvalue weighted by atomic mass is 10.2. The van der Waals surface area contributed by atoms with E-state index in [1.54, 1.807) is 36.5 Å². The largest absolute Gasteiger partial charge is 0.488 e. The number of fused-ring (bicyclic) bond motifs is 1. The SMILES string of the molecule is Nc1cccc2c(OCc3ccccc3F)ccnc12. The van der Waals surface area contributed by atoms with Crippen molar-refractivity contribution in [2.45, 2.75) is 6.61 Å². The molecule has 2 N–H and O–H groups in total. The molecule has 3 nitrogen and oxygen atoms in total. The number of aromatic nitrogens is 1. The van der Waals surface area contributed by atoms with E-state index < -0.39 is 0 Å². The van der Waals surface area contributed by atoms with Gasteiger partial charge in [-0.15, -0.1) is 0 Å². The van der Waals surface area contributed by atoms with E-state index in [0.29, 0.717) is 22.5 Å². The summed E-state index contributed by atoms with van der Waals surface area (Å²) in [6.07, 6.45) is 1.63. The Kier molecular flexibility index (Phi) is 3.21. The van der Waals surface area contributed by atoms with Crippen LogP contribution in [0, 0.1) is 5.82 Å². The molecule has 1 heterocycles. The minimum Gasteiger partial charge on any atom is -0.488 e. The summed E-state index contributed by atoms with van der Waals surface area (Å²) in [5, 5.41) is 0.823. The smallest absolute Gasteiger partial charge is 0.130 e. The predicted octanol–water partition coefficient (Wildman–Crippen LogP) is 3.54. The second kappa shape index (κ2) is 5.17. The van der Waals surface area contributed by atoms with Crippen LogP contribution in [0.25, 0.3) is 10.9 Å². The lowest BCUT2D eigenvalue weighted by Gasteiger charge is -2.10. The fourth-order valence-electron chi connectivity index (χ4n) is 2.07. The van der Waals surface area contributed by atoms with Crippen LogP contribution >= 0.6 is 0 Å². The van der Waals surface area contributed by atoms with E-state index in [1.807, 2.05) is 12.1 Å². The van der Waals surface area contributed by atoms with E-state index in [9.17, 15) is 4.39 Å². The third kappa shape index (κ3) is 2.28. The Morgan fingerprint density at radius 2 is 1.90 bits per heavy atom. The van der Waals surface area contributed by atoms with Gasteiger partial charge >= 0.3 is 0 Å². The Morgan fingerprint density at radius 3 is 2.75 bits per heavy atom. The molecule has 0 radical (unpaired) electrons. The van der Waals surface area contributed by atoms with Crippen molar-refractivity contribution in [1.82, 2.24) is 4.98 Å². The minimum absolute atomic E-state index is 0.167. The summed E-state index contributed by atoms with van der Waals surface area (Å²) >= 11 is 0. The quantitative estimate of drug-likeness (QED) is 0.739. The molecule has 0 atom stereocenters. The predicted molar refractivity (Wildman–Crippen MR) is 76.9 cm³/mol. The van der Waals surface area contributed by atoms with Crippen molar-refractivity contribution < 1.29 is 9.13 Å². The molecule has 0 saturated heterocycles. The van der Waals surface area contributed by atoms with Gasteiger partial charge < -0.3 is 10.5 Å². The molecule has 0 bridgehead atoms. The third-order valence-electron chi connectivity index (χ3n) is 3.10. The van der Waals surface area contributed by atoms with Crippen molar-refractivity contribution in [1.29, 1.82) is 0 Å². The molecule has 1 aromatic heterocycles. The van der Waals surface area contributed by atoms with Gasteiger partial charge in [-0.3, -0.25) is 4.98 Å². The summed E-state index contributed by atoms with van der Waals surface area (Å²) in [6.45, 7) is 0.167. The number of nitrogens with two attached hydrogens (primary N) is 1. The van der Waals surface area contributed by atoms with Gasteiger partial charge in [-0.2, -0.15) is 0 Å². The Morgan fingerprint density at radius 1 is 1.05 bits per heavy atom. The van der Waals surface area contributed by atoms with E-state index in [1.165, 1.54) is 6.07 Å². The van der Waals surface area contributed by atoms with Crippen LogP contribution in [-0.4, -0.2) is 4.98 Å². The highest BCUT2D eigenvalue weighted by Gasteiger charge is 2.07. The van der Waals surface area contributed by atoms with Gasteiger partial charge in [0.2, 0.25) is 0 Å². The molecule has 0 saturated carbocycles. The number of para-hydroxylation sites is 1. The van der Waals surface area contributed by atoms with Gasteiger partial charge in [0, 0.05) is 17.1 Å². The van der Waals surface area contributed by atoms with Crippen LogP contribution in [0.1, 0.15) is 5.56 Å². The van der Waals surface area contributed by atoms with E-state index in [-0.39, 0.29) is 12.4 Å². The fraction of sp³-hybridized carbons (Fsp3) is 0.0625. The van der Waals surface area contributed by atoms with Crippen molar-refractivity contribution in [3.63, 3.8) is 0 Å². The number of halogens is 1. The highest BCUT2D eigenvalue weighted by atomic mass is 19.1. The maximum absolute atomic E-state index is 13.6. The first kappa shape index (κ1) is 12.4. The topological polar surface area (TPSA) is 48.1 Å². The molecule has 0 aliphatic heterocycles. The number of ether oxygens (including phenoxy) is 1. The Bertz CT molecular complexity index is 758. The van der Waals surface area contributed by atoms with E-state index in [2.05, 4.69) is 4.98 Å². The number of hydrogen-bond acceptors (Lipinski definition) is 3. The fourth-order valence-corrected chi connectivity index (χ4v) is 2.07. The maximum Gasteiger partial charge on any atom is 0.130 e. The molecule has 0 aliphatic carbocycles. The summed E-state index contributed by atoms with van der Waals surface area (Å²) in [5.74, 6) is 0.371. The number of anilines is 1. The molecule has 0 aliphatic rings. The maximum atomic E-state index is 13.6. The van der Waals surface area contributed by atoms with Crippen LogP contribution < -0.4 is 10.5 Å². The molecule has 0 fully saturated rings. The monoisotopic (exact) mass is 268 g/mol. The molecule has 3 rings (SSSR count). The van der Waals surface area contributed by atoms with Crippen LogP contribution in [-0.2, 0) is 6.61 Å². The van der Waals surface area contributed by atoms with E-state index >= 15 is 0 Å². The molecular formula is C16H13FN2O. The summed E-state index contributed by atoms with van der Waals surface area (Å²) in [7, 11) is 0. The van der Waals surface area contributed by atoms with Crippen LogP contribution in [0.4, 0.5) is 10.1 Å². The number of pyridine rings is 1. The third-order valence-corrected chi connectivity index (χ3v) is 3.10. The molecule has 100 valence electrons. The van der Waals surface area contributed by atoms with Gasteiger partial charge in [0.05, 0.1) is 11.2 Å². The van der Waals surface area contributed by atoms with Crippen molar-refractivity contribution in [3.8, 4) is 5.75 Å². The minimum atomic E-state index is -0.273. The van der Waals surface area contributed by atoms with Crippen LogP contribution in [0.5, 0.6) is 5.75 Å². The Hall–Kier alpha value is -2.62. The number of nitrogens with zero attached hydrogens (tertiary/aromatic N) is 1. The molecule has 20 heavy (non-hydrogen) atoms. The molecule has 4 heteroatoms. The highest BCUT2D eigenvalue weighted by molar-refractivity contribution is 5.93. The second-order valence-electron chi connectivity index (χ2n) is 4.43. The summed E-state index contributed by atoms with van der Waals surface area (Å²) in [6, 6.07) is 13.8. The number of nitrogen functional groups attached to an aromatic ring is 1. The molecule has 0 unspecified atom stereocenters. The van der Waals surface area contributed by atoms with Gasteiger partial charge in [-0.1, -0.05) is 24.3 Å². The summed E-state index contributed by atoms with van der Waals surface area (Å²) < 4.78 is 19.3. The molecule has 0 amide bonds. The first-order valence-electron chi connectivity index (χ1n) is 6.25. The van der Waals surface area contributed by atoms with Crippen molar-refractivity contribution in [2.24, 2.45) is 0 Å².